The van der Waals surface area contributed by atoms with Gasteiger partial charge in [0.1, 0.15) is 11.1 Å². The average Bonchev–Trinajstić information content (AvgIpc) is 3.42. The van der Waals surface area contributed by atoms with Gasteiger partial charge in [-0.2, -0.15) is 0 Å². The van der Waals surface area contributed by atoms with E-state index in [1.165, 1.54) is 55.3 Å². The van der Waals surface area contributed by atoms with Gasteiger partial charge in [-0.05, 0) is 90.7 Å². The van der Waals surface area contributed by atoms with E-state index in [4.69, 9.17) is 4.42 Å². The molecular formula is C34H26N2O. The molecule has 7 aromatic rings. The van der Waals surface area contributed by atoms with Crippen molar-refractivity contribution in [2.24, 2.45) is 0 Å². The van der Waals surface area contributed by atoms with Gasteiger partial charge in [-0.25, -0.2) is 0 Å². The molecule has 3 nitrogen and oxygen atoms in total. The molecule has 0 saturated heterocycles. The molecule has 4 aromatic carbocycles. The van der Waals surface area contributed by atoms with Crippen LogP contribution in [-0.2, 0) is 5.41 Å². The molecule has 0 aliphatic carbocycles. The number of furan rings is 1. The van der Waals surface area contributed by atoms with Gasteiger partial charge in [-0.15, -0.1) is 0 Å². The fourth-order valence-electron chi connectivity index (χ4n) is 6.46. The minimum Gasteiger partial charge on any atom is -0.454 e. The van der Waals surface area contributed by atoms with Gasteiger partial charge in [-0.3, -0.25) is 4.98 Å². The van der Waals surface area contributed by atoms with E-state index in [1.54, 1.807) is 0 Å². The number of rotatable bonds is 1. The Balaban J connectivity index is 1.40. The summed E-state index contributed by atoms with van der Waals surface area (Å²) < 4.78 is 8.63. The van der Waals surface area contributed by atoms with E-state index in [-0.39, 0.29) is 5.41 Å². The standard InChI is InChI=1S/C34H26N2O/c1-19-7-11-28-24(14-19)25-15-20(2)16-27-33(25)36(28)29-12-9-21(17-26(29)34(27,3)4)22-8-10-23-31(18-22)37-30-6-5-13-35-32(23)30/h5-18H,1-4H3. The molecule has 0 fully saturated rings. The maximum atomic E-state index is 6.15. The topological polar surface area (TPSA) is 31.0 Å². The van der Waals surface area contributed by atoms with Gasteiger partial charge < -0.3 is 8.98 Å². The van der Waals surface area contributed by atoms with E-state index in [0.29, 0.717) is 0 Å². The summed E-state index contributed by atoms with van der Waals surface area (Å²) in [5.74, 6) is 0. The van der Waals surface area contributed by atoms with Crippen LogP contribution in [0.3, 0.4) is 0 Å². The number of benzene rings is 4. The van der Waals surface area contributed by atoms with Gasteiger partial charge in [0.25, 0.3) is 0 Å². The molecule has 0 spiro atoms. The lowest BCUT2D eigenvalue weighted by atomic mass is 9.73. The highest BCUT2D eigenvalue weighted by molar-refractivity contribution is 6.12. The molecule has 1 aliphatic rings. The predicted octanol–water partition coefficient (Wildman–Crippen LogP) is 9.00. The first-order valence-electron chi connectivity index (χ1n) is 12.9. The van der Waals surface area contributed by atoms with Gasteiger partial charge >= 0.3 is 0 Å². The van der Waals surface area contributed by atoms with Crippen molar-refractivity contribution in [3.05, 3.63) is 107 Å². The van der Waals surface area contributed by atoms with Crippen molar-refractivity contribution in [2.45, 2.75) is 33.1 Å². The second-order valence-corrected chi connectivity index (χ2v) is 11.1. The van der Waals surface area contributed by atoms with Crippen LogP contribution >= 0.6 is 0 Å². The lowest BCUT2D eigenvalue weighted by Gasteiger charge is -2.35. The van der Waals surface area contributed by atoms with Crippen LogP contribution in [-0.4, -0.2) is 9.55 Å². The van der Waals surface area contributed by atoms with E-state index in [9.17, 15) is 0 Å². The summed E-state index contributed by atoms with van der Waals surface area (Å²) in [5, 5.41) is 3.73. The van der Waals surface area contributed by atoms with Crippen molar-refractivity contribution in [3.8, 4) is 16.8 Å². The highest BCUT2D eigenvalue weighted by Gasteiger charge is 2.35. The second kappa shape index (κ2) is 6.89. The molecule has 0 unspecified atom stereocenters. The molecule has 3 aromatic heterocycles. The predicted molar refractivity (Wildman–Crippen MR) is 153 cm³/mol. The average molecular weight is 479 g/mol. The van der Waals surface area contributed by atoms with Crippen molar-refractivity contribution in [3.63, 3.8) is 0 Å². The van der Waals surface area contributed by atoms with Crippen LogP contribution in [0.1, 0.15) is 36.1 Å². The normalized spacial score (nSPS) is 14.2. The molecule has 0 saturated carbocycles. The highest BCUT2D eigenvalue weighted by atomic mass is 16.3. The summed E-state index contributed by atoms with van der Waals surface area (Å²) in [6, 6.07) is 28.9. The van der Waals surface area contributed by atoms with E-state index < -0.39 is 0 Å². The Morgan fingerprint density at radius 1 is 0.703 bits per heavy atom. The fourth-order valence-corrected chi connectivity index (χ4v) is 6.46. The van der Waals surface area contributed by atoms with E-state index in [1.807, 2.05) is 18.3 Å². The summed E-state index contributed by atoms with van der Waals surface area (Å²) in [7, 11) is 0. The Morgan fingerprint density at radius 3 is 2.41 bits per heavy atom. The molecule has 178 valence electrons. The van der Waals surface area contributed by atoms with Crippen LogP contribution in [0, 0.1) is 13.8 Å². The van der Waals surface area contributed by atoms with Crippen molar-refractivity contribution in [1.82, 2.24) is 9.55 Å². The Bertz CT molecular complexity index is 2090. The van der Waals surface area contributed by atoms with Crippen molar-refractivity contribution in [1.29, 1.82) is 0 Å². The maximum absolute atomic E-state index is 6.15. The molecule has 3 heteroatoms. The summed E-state index contributed by atoms with van der Waals surface area (Å²) in [6.45, 7) is 9.13. The Morgan fingerprint density at radius 2 is 1.51 bits per heavy atom. The minimum absolute atomic E-state index is 0.136. The van der Waals surface area contributed by atoms with Crippen molar-refractivity contribution < 1.29 is 4.42 Å². The summed E-state index contributed by atoms with van der Waals surface area (Å²) in [6.07, 6.45) is 1.82. The SMILES string of the molecule is Cc1ccc2c(c1)c1cc(C)cc3c1n2-c1ccc(-c2ccc4c(c2)oc2cccnc24)cc1C3(C)C. The Kier molecular flexibility index (Phi) is 3.87. The molecule has 1 aliphatic heterocycles. The number of aromatic nitrogens is 2. The first-order valence-corrected chi connectivity index (χ1v) is 12.9. The quantitative estimate of drug-likeness (QED) is 0.236. The first kappa shape index (κ1) is 20.8. The second-order valence-electron chi connectivity index (χ2n) is 11.1. The number of pyridine rings is 1. The van der Waals surface area contributed by atoms with Gasteiger partial charge in [-0.1, -0.05) is 49.2 Å². The first-order chi connectivity index (χ1) is 17.9. The lowest BCUT2D eigenvalue weighted by molar-refractivity contribution is 0.630. The van der Waals surface area contributed by atoms with Crippen molar-refractivity contribution >= 4 is 43.9 Å². The fraction of sp³-hybridized carbons (Fsp3) is 0.147. The van der Waals surface area contributed by atoms with Gasteiger partial charge in [0.05, 0.1) is 16.7 Å². The van der Waals surface area contributed by atoms with Gasteiger partial charge in [0.15, 0.2) is 5.58 Å². The smallest absolute Gasteiger partial charge is 0.153 e. The number of hydrogen-bond acceptors (Lipinski definition) is 2. The zero-order valence-corrected chi connectivity index (χ0v) is 21.4. The summed E-state index contributed by atoms with van der Waals surface area (Å²) in [4.78, 5) is 4.52. The van der Waals surface area contributed by atoms with Crippen LogP contribution < -0.4 is 0 Å². The maximum Gasteiger partial charge on any atom is 0.153 e. The van der Waals surface area contributed by atoms with E-state index >= 15 is 0 Å². The molecule has 4 heterocycles. The van der Waals surface area contributed by atoms with Crippen LogP contribution in [0.2, 0.25) is 0 Å². The molecule has 0 bridgehead atoms. The van der Waals surface area contributed by atoms with Crippen molar-refractivity contribution in [2.75, 3.05) is 0 Å². The number of hydrogen-bond donors (Lipinski definition) is 0. The summed E-state index contributed by atoms with van der Waals surface area (Å²) in [5.41, 5.74) is 14.0. The third kappa shape index (κ3) is 2.69. The van der Waals surface area contributed by atoms with E-state index in [0.717, 1.165) is 27.6 Å². The molecule has 8 rings (SSSR count). The largest absolute Gasteiger partial charge is 0.454 e. The highest BCUT2D eigenvalue weighted by Crippen LogP contribution is 2.49. The lowest BCUT2D eigenvalue weighted by Crippen LogP contribution is -2.26. The zero-order valence-electron chi connectivity index (χ0n) is 21.4. The summed E-state index contributed by atoms with van der Waals surface area (Å²) >= 11 is 0. The van der Waals surface area contributed by atoms with Gasteiger partial charge in [0, 0.05) is 27.8 Å². The van der Waals surface area contributed by atoms with Crippen LogP contribution in [0.4, 0.5) is 0 Å². The molecule has 37 heavy (non-hydrogen) atoms. The number of nitrogens with zero attached hydrogens (tertiary/aromatic N) is 2. The van der Waals surface area contributed by atoms with Crippen LogP contribution in [0.5, 0.6) is 0 Å². The number of fused-ring (bicyclic) bond motifs is 8. The molecule has 0 N–H and O–H groups in total. The van der Waals surface area contributed by atoms with Crippen LogP contribution in [0.15, 0.2) is 89.5 Å². The monoisotopic (exact) mass is 478 g/mol. The Hall–Kier alpha value is -4.37. The minimum atomic E-state index is -0.136. The zero-order chi connectivity index (χ0) is 25.1. The van der Waals surface area contributed by atoms with Gasteiger partial charge in [0.2, 0.25) is 0 Å². The van der Waals surface area contributed by atoms with Crippen LogP contribution in [0.25, 0.3) is 60.7 Å². The third-order valence-corrected chi connectivity index (χ3v) is 8.31. The van der Waals surface area contributed by atoms with E-state index in [2.05, 4.69) is 104 Å². The Labute approximate surface area is 215 Å². The third-order valence-electron chi connectivity index (χ3n) is 8.31. The number of aryl methyl sites for hydroxylation is 2. The molecule has 0 amide bonds. The molecule has 0 atom stereocenters. The molecular weight excluding hydrogens is 452 g/mol. The molecule has 0 radical (unpaired) electrons.